The molecule has 2 heterocycles. The van der Waals surface area contributed by atoms with Gasteiger partial charge in [-0.1, -0.05) is 12.1 Å². The summed E-state index contributed by atoms with van der Waals surface area (Å²) in [6, 6.07) is 10.1. The molecule has 0 fully saturated rings. The zero-order valence-corrected chi connectivity index (χ0v) is 11.5. The van der Waals surface area contributed by atoms with Gasteiger partial charge < -0.3 is 16.5 Å². The van der Waals surface area contributed by atoms with E-state index >= 15 is 0 Å². The SMILES string of the molecule is Nc1nc(N)c2c(cc(-c3cccc(F)c3)c3nccc32)[nH]1. The Kier molecular flexibility index (Phi) is 2.53. The van der Waals surface area contributed by atoms with Crippen molar-refractivity contribution in [3.8, 4) is 11.1 Å². The van der Waals surface area contributed by atoms with Gasteiger partial charge in [0.25, 0.3) is 0 Å². The predicted octanol–water partition coefficient (Wildman–Crippen LogP) is 3.08. The highest BCUT2D eigenvalue weighted by atomic mass is 19.1. The molecule has 0 unspecified atom stereocenters. The van der Waals surface area contributed by atoms with Crippen molar-refractivity contribution in [3.63, 3.8) is 0 Å². The Hall–Kier alpha value is -3.15. The van der Waals surface area contributed by atoms with Gasteiger partial charge in [0.1, 0.15) is 11.6 Å². The van der Waals surface area contributed by atoms with E-state index in [4.69, 9.17) is 11.5 Å². The molecule has 5 nitrogen and oxygen atoms in total. The van der Waals surface area contributed by atoms with Crippen molar-refractivity contribution in [1.82, 2.24) is 15.0 Å². The number of nitrogens with two attached hydrogens (primary N) is 2. The van der Waals surface area contributed by atoms with Gasteiger partial charge in [-0.2, -0.15) is 4.98 Å². The minimum absolute atomic E-state index is 0.231. The van der Waals surface area contributed by atoms with E-state index in [9.17, 15) is 4.39 Å². The number of benzene rings is 2. The normalized spacial score (nSPS) is 11.3. The first-order chi connectivity index (χ1) is 10.6. The zero-order valence-electron chi connectivity index (χ0n) is 11.5. The summed E-state index contributed by atoms with van der Waals surface area (Å²) < 4.78 is 13.5. The molecule has 0 bridgehead atoms. The maximum absolute atomic E-state index is 13.5. The molecular weight excluding hydrogens is 281 g/mol. The number of nitrogens with zero attached hydrogens (tertiary/aromatic N) is 2. The van der Waals surface area contributed by atoms with Crippen molar-refractivity contribution >= 4 is 33.6 Å². The van der Waals surface area contributed by atoms with Crippen LogP contribution in [-0.2, 0) is 0 Å². The lowest BCUT2D eigenvalue weighted by molar-refractivity contribution is 0.628. The molecule has 0 radical (unpaired) electrons. The standard InChI is InChI=1S/C16H12FN5/c17-9-3-1-2-8(6-9)11-7-12-13(10-4-5-20-14(10)11)15(18)22-16(19)21-12/h1-7H,18H2,(H3,19,21,22). The van der Waals surface area contributed by atoms with Crippen LogP contribution in [0.4, 0.5) is 16.2 Å². The van der Waals surface area contributed by atoms with Crippen LogP contribution >= 0.6 is 0 Å². The van der Waals surface area contributed by atoms with Crippen LogP contribution in [0.3, 0.4) is 0 Å². The van der Waals surface area contributed by atoms with E-state index in [1.807, 2.05) is 18.2 Å². The number of fused-ring (bicyclic) bond motifs is 3. The third kappa shape index (κ3) is 1.77. The van der Waals surface area contributed by atoms with Crippen LogP contribution < -0.4 is 11.5 Å². The number of hydrogen-bond acceptors (Lipinski definition) is 4. The first kappa shape index (κ1) is 12.6. The maximum atomic E-state index is 13.5. The van der Waals surface area contributed by atoms with Gasteiger partial charge in [0.2, 0.25) is 0 Å². The van der Waals surface area contributed by atoms with Crippen molar-refractivity contribution in [2.45, 2.75) is 0 Å². The van der Waals surface area contributed by atoms with Gasteiger partial charge in [-0.3, -0.25) is 4.98 Å². The predicted molar refractivity (Wildman–Crippen MR) is 85.6 cm³/mol. The maximum Gasteiger partial charge on any atom is 0.199 e. The number of aromatic nitrogens is 3. The molecule has 0 saturated heterocycles. The molecule has 0 atom stereocenters. The van der Waals surface area contributed by atoms with Gasteiger partial charge in [0, 0.05) is 22.5 Å². The molecule has 4 rings (SSSR count). The van der Waals surface area contributed by atoms with Crippen LogP contribution in [0, 0.1) is 5.82 Å². The molecule has 0 spiro atoms. The number of nitrogens with one attached hydrogen (secondary N) is 1. The van der Waals surface area contributed by atoms with E-state index in [-0.39, 0.29) is 11.8 Å². The van der Waals surface area contributed by atoms with E-state index in [1.54, 1.807) is 12.3 Å². The first-order valence-corrected chi connectivity index (χ1v) is 6.72. The van der Waals surface area contributed by atoms with Crippen LogP contribution in [-0.4, -0.2) is 15.0 Å². The molecule has 0 saturated carbocycles. The quantitative estimate of drug-likeness (QED) is 0.502. The second-order valence-corrected chi connectivity index (χ2v) is 5.07. The Morgan fingerprint density at radius 1 is 1.09 bits per heavy atom. The third-order valence-electron chi connectivity index (χ3n) is 3.68. The first-order valence-electron chi connectivity index (χ1n) is 6.72. The second-order valence-electron chi connectivity index (χ2n) is 5.07. The van der Waals surface area contributed by atoms with E-state index in [0.29, 0.717) is 5.82 Å². The molecule has 4 aromatic rings. The fourth-order valence-electron chi connectivity index (χ4n) is 2.78. The molecule has 0 amide bonds. The van der Waals surface area contributed by atoms with Gasteiger partial charge in [0.15, 0.2) is 5.95 Å². The lowest BCUT2D eigenvalue weighted by Crippen LogP contribution is -2.01. The molecular formula is C16H12FN5. The van der Waals surface area contributed by atoms with Crippen molar-refractivity contribution in [1.29, 1.82) is 0 Å². The molecule has 22 heavy (non-hydrogen) atoms. The Morgan fingerprint density at radius 3 is 2.77 bits per heavy atom. The third-order valence-corrected chi connectivity index (χ3v) is 3.68. The number of H-pyrrole nitrogens is 1. The fourth-order valence-corrected chi connectivity index (χ4v) is 2.78. The Labute approximate surface area is 124 Å². The van der Waals surface area contributed by atoms with Crippen LogP contribution in [0.15, 0.2) is 42.6 Å². The summed E-state index contributed by atoms with van der Waals surface area (Å²) in [7, 11) is 0. The summed E-state index contributed by atoms with van der Waals surface area (Å²) in [5, 5.41) is 1.62. The van der Waals surface area contributed by atoms with Crippen molar-refractivity contribution < 1.29 is 4.39 Å². The van der Waals surface area contributed by atoms with E-state index < -0.39 is 0 Å². The van der Waals surface area contributed by atoms with Gasteiger partial charge in [0.05, 0.1) is 11.0 Å². The Morgan fingerprint density at radius 2 is 1.95 bits per heavy atom. The van der Waals surface area contributed by atoms with Crippen LogP contribution in [0.1, 0.15) is 0 Å². The number of halogens is 1. The second kappa shape index (κ2) is 4.42. The summed E-state index contributed by atoms with van der Waals surface area (Å²) in [4.78, 5) is 11.5. The summed E-state index contributed by atoms with van der Waals surface area (Å²) in [6.07, 6.45) is 1.70. The lowest BCUT2D eigenvalue weighted by Gasteiger charge is -2.10. The van der Waals surface area contributed by atoms with Gasteiger partial charge >= 0.3 is 0 Å². The number of nitrogen functional groups attached to an aromatic ring is 2. The number of rotatable bonds is 1. The monoisotopic (exact) mass is 293 g/mol. The zero-order chi connectivity index (χ0) is 15.3. The molecule has 0 aliphatic carbocycles. The van der Waals surface area contributed by atoms with Crippen LogP contribution in [0.5, 0.6) is 0 Å². The molecule has 0 aliphatic heterocycles. The van der Waals surface area contributed by atoms with Crippen LogP contribution in [0.25, 0.3) is 32.9 Å². The molecule has 2 aromatic carbocycles. The van der Waals surface area contributed by atoms with Crippen molar-refractivity contribution in [2.75, 3.05) is 11.5 Å². The van der Waals surface area contributed by atoms with Crippen molar-refractivity contribution in [2.24, 2.45) is 0 Å². The summed E-state index contributed by atoms with van der Waals surface area (Å²) in [6.45, 7) is 0. The van der Waals surface area contributed by atoms with Gasteiger partial charge in [-0.15, -0.1) is 0 Å². The average molecular weight is 293 g/mol. The fraction of sp³-hybridized carbons (Fsp3) is 0. The lowest BCUT2D eigenvalue weighted by atomic mass is 10.00. The average Bonchev–Trinajstić information content (AvgIpc) is 2.94. The number of hydrogen-bond donors (Lipinski definition) is 3. The largest absolute Gasteiger partial charge is 0.383 e. The minimum atomic E-state index is -0.296. The Bertz CT molecular complexity index is 1020. The highest BCUT2D eigenvalue weighted by molar-refractivity contribution is 6.15. The van der Waals surface area contributed by atoms with E-state index in [1.165, 1.54) is 12.1 Å². The number of aromatic amines is 1. The topological polar surface area (TPSA) is 93.6 Å². The summed E-state index contributed by atoms with van der Waals surface area (Å²) >= 11 is 0. The molecule has 0 aliphatic rings. The van der Waals surface area contributed by atoms with Gasteiger partial charge in [-0.25, -0.2) is 4.39 Å². The number of anilines is 2. The molecule has 6 heteroatoms. The minimum Gasteiger partial charge on any atom is -0.383 e. The Balaban J connectivity index is 2.16. The van der Waals surface area contributed by atoms with Crippen molar-refractivity contribution in [3.05, 3.63) is 48.4 Å². The molecule has 2 aromatic heterocycles. The highest BCUT2D eigenvalue weighted by Gasteiger charge is 2.14. The molecule has 108 valence electrons. The van der Waals surface area contributed by atoms with E-state index in [0.717, 1.165) is 32.9 Å². The van der Waals surface area contributed by atoms with Gasteiger partial charge in [-0.05, 0) is 29.8 Å². The highest BCUT2D eigenvalue weighted by Crippen LogP contribution is 2.35. The molecule has 5 N–H and O–H groups in total. The van der Waals surface area contributed by atoms with E-state index in [2.05, 4.69) is 15.0 Å². The summed E-state index contributed by atoms with van der Waals surface area (Å²) in [5.74, 6) is 0.277. The summed E-state index contributed by atoms with van der Waals surface area (Å²) in [5.41, 5.74) is 14.8. The smallest absolute Gasteiger partial charge is 0.199 e. The van der Waals surface area contributed by atoms with Crippen LogP contribution in [0.2, 0.25) is 0 Å².